The second-order valence-electron chi connectivity index (χ2n) is 7.56. The summed E-state index contributed by atoms with van der Waals surface area (Å²) in [5.74, 6) is 0.357. The van der Waals surface area contributed by atoms with Crippen molar-refractivity contribution in [1.82, 2.24) is 4.72 Å². The number of aryl methyl sites for hydroxylation is 1. The Labute approximate surface area is 178 Å². The van der Waals surface area contributed by atoms with Gasteiger partial charge in [-0.2, -0.15) is 11.3 Å². The summed E-state index contributed by atoms with van der Waals surface area (Å²) >= 11 is 1.41. The third kappa shape index (κ3) is 3.09. The Hall–Kier alpha value is -2.46. The van der Waals surface area contributed by atoms with Crippen LogP contribution in [0, 0.1) is 0 Å². The summed E-state index contributed by atoms with van der Waals surface area (Å²) in [6.45, 7) is 0.325. The first-order valence-electron chi connectivity index (χ1n) is 9.63. The number of amides is 1. The Kier molecular flexibility index (Phi) is 4.59. The average molecular weight is 445 g/mol. The molecule has 2 aliphatic heterocycles. The number of benzene rings is 1. The van der Waals surface area contributed by atoms with E-state index in [2.05, 4.69) is 4.72 Å². The quantitative estimate of drug-likeness (QED) is 0.608. The zero-order chi connectivity index (χ0) is 20.9. The molecule has 156 valence electrons. The predicted octanol–water partition coefficient (Wildman–Crippen LogP) is 2.39. The van der Waals surface area contributed by atoms with E-state index in [-0.39, 0.29) is 23.1 Å². The van der Waals surface area contributed by atoms with Crippen LogP contribution < -0.4 is 9.62 Å². The SMILES string of the molecule is O=C1CCc2cc(S(=O)(=O)NC[C@@](O)(c3ccsc3)c3ccco3)cc3c2N1CC3. The van der Waals surface area contributed by atoms with Crippen molar-refractivity contribution in [3.8, 4) is 0 Å². The van der Waals surface area contributed by atoms with Crippen molar-refractivity contribution in [1.29, 1.82) is 0 Å². The van der Waals surface area contributed by atoms with Gasteiger partial charge in [-0.05, 0) is 65.1 Å². The summed E-state index contributed by atoms with van der Waals surface area (Å²) < 4.78 is 34.2. The largest absolute Gasteiger partial charge is 0.466 e. The van der Waals surface area contributed by atoms with E-state index >= 15 is 0 Å². The Morgan fingerprint density at radius 2 is 2.00 bits per heavy atom. The zero-order valence-corrected chi connectivity index (χ0v) is 17.6. The molecule has 0 spiro atoms. The van der Waals surface area contributed by atoms with Gasteiger partial charge in [-0.15, -0.1) is 0 Å². The van der Waals surface area contributed by atoms with Crippen molar-refractivity contribution in [3.05, 3.63) is 69.8 Å². The van der Waals surface area contributed by atoms with Gasteiger partial charge < -0.3 is 14.4 Å². The number of rotatable bonds is 6. The molecule has 1 amide bonds. The smallest absolute Gasteiger partial charge is 0.240 e. The second-order valence-corrected chi connectivity index (χ2v) is 10.1. The minimum Gasteiger partial charge on any atom is -0.466 e. The number of sulfonamides is 1. The lowest BCUT2D eigenvalue weighted by molar-refractivity contribution is -0.118. The Morgan fingerprint density at radius 3 is 2.70 bits per heavy atom. The van der Waals surface area contributed by atoms with Gasteiger partial charge in [0.15, 0.2) is 5.60 Å². The fourth-order valence-electron chi connectivity index (χ4n) is 4.21. The molecule has 0 saturated carbocycles. The molecule has 7 nitrogen and oxygen atoms in total. The first-order chi connectivity index (χ1) is 14.4. The van der Waals surface area contributed by atoms with Crippen LogP contribution in [-0.2, 0) is 33.3 Å². The van der Waals surface area contributed by atoms with E-state index in [1.807, 2.05) is 5.38 Å². The van der Waals surface area contributed by atoms with Crippen molar-refractivity contribution in [2.75, 3.05) is 18.0 Å². The van der Waals surface area contributed by atoms with Crippen LogP contribution >= 0.6 is 11.3 Å². The standard InChI is InChI=1S/C21H20N2O5S2/c24-19-4-3-14-10-17(11-15-5-7-23(19)20(14)15)30(26,27)22-13-21(25,16-6-9-29-12-16)18-2-1-8-28-18/h1-2,6,8-12,22,25H,3-5,7,13H2/t21-/m1/s1. The zero-order valence-electron chi connectivity index (χ0n) is 16.0. The van der Waals surface area contributed by atoms with Crippen LogP contribution in [0.2, 0.25) is 0 Å². The molecule has 30 heavy (non-hydrogen) atoms. The van der Waals surface area contributed by atoms with Crippen LogP contribution in [0.15, 0.2) is 56.7 Å². The van der Waals surface area contributed by atoms with Crippen LogP contribution in [-0.4, -0.2) is 32.5 Å². The molecule has 9 heteroatoms. The maximum atomic E-state index is 13.1. The first kappa shape index (κ1) is 19.5. The van der Waals surface area contributed by atoms with E-state index in [0.29, 0.717) is 31.4 Å². The summed E-state index contributed by atoms with van der Waals surface area (Å²) in [6, 6.07) is 8.29. The Morgan fingerprint density at radius 1 is 1.20 bits per heavy atom. The number of nitrogens with zero attached hydrogens (tertiary/aromatic N) is 1. The van der Waals surface area contributed by atoms with Crippen molar-refractivity contribution in [3.63, 3.8) is 0 Å². The average Bonchev–Trinajstić information content (AvgIpc) is 3.50. The molecule has 2 aliphatic rings. The minimum atomic E-state index is -3.89. The van der Waals surface area contributed by atoms with Crippen LogP contribution in [0.1, 0.15) is 28.9 Å². The molecule has 1 aromatic carbocycles. The summed E-state index contributed by atoms with van der Waals surface area (Å²) in [5.41, 5.74) is 1.56. The highest BCUT2D eigenvalue weighted by Gasteiger charge is 2.37. The summed E-state index contributed by atoms with van der Waals surface area (Å²) in [7, 11) is -3.89. The topological polar surface area (TPSA) is 99.8 Å². The number of carbonyl (C=O) groups is 1. The molecule has 0 saturated heterocycles. The number of anilines is 1. The second kappa shape index (κ2) is 7.05. The van der Waals surface area contributed by atoms with Gasteiger partial charge in [0.05, 0.1) is 23.4 Å². The van der Waals surface area contributed by atoms with Crippen molar-refractivity contribution in [2.24, 2.45) is 0 Å². The van der Waals surface area contributed by atoms with Gasteiger partial charge in [0.1, 0.15) is 5.76 Å². The maximum absolute atomic E-state index is 13.1. The Bertz CT molecular complexity index is 1170. The number of nitrogens with one attached hydrogen (secondary N) is 1. The predicted molar refractivity (Wildman–Crippen MR) is 112 cm³/mol. The van der Waals surface area contributed by atoms with E-state index in [4.69, 9.17) is 4.42 Å². The fourth-order valence-corrected chi connectivity index (χ4v) is 6.09. The van der Waals surface area contributed by atoms with E-state index in [1.165, 1.54) is 17.6 Å². The van der Waals surface area contributed by atoms with Crippen LogP contribution in [0.3, 0.4) is 0 Å². The highest BCUT2D eigenvalue weighted by atomic mass is 32.2. The number of thiophene rings is 1. The van der Waals surface area contributed by atoms with E-state index in [9.17, 15) is 18.3 Å². The van der Waals surface area contributed by atoms with E-state index in [1.54, 1.807) is 40.6 Å². The van der Waals surface area contributed by atoms with Crippen LogP contribution in [0.25, 0.3) is 0 Å². The number of hydrogen-bond acceptors (Lipinski definition) is 6. The van der Waals surface area contributed by atoms with Gasteiger partial charge in [-0.25, -0.2) is 13.1 Å². The molecular weight excluding hydrogens is 424 g/mol. The molecule has 0 bridgehead atoms. The number of hydrogen-bond donors (Lipinski definition) is 2. The lowest BCUT2D eigenvalue weighted by Gasteiger charge is -2.27. The van der Waals surface area contributed by atoms with Gasteiger partial charge in [0.25, 0.3) is 0 Å². The third-order valence-electron chi connectivity index (χ3n) is 5.78. The third-order valence-corrected chi connectivity index (χ3v) is 7.85. The van der Waals surface area contributed by atoms with Gasteiger partial charge in [0, 0.05) is 18.5 Å². The maximum Gasteiger partial charge on any atom is 0.240 e. The molecule has 0 radical (unpaired) electrons. The number of aliphatic hydroxyl groups is 1. The highest BCUT2D eigenvalue weighted by molar-refractivity contribution is 7.89. The lowest BCUT2D eigenvalue weighted by atomic mass is 9.94. The molecule has 3 aromatic rings. The van der Waals surface area contributed by atoms with Crippen molar-refractivity contribution < 1.29 is 22.7 Å². The van der Waals surface area contributed by atoms with Crippen LogP contribution in [0.4, 0.5) is 5.69 Å². The molecule has 4 heterocycles. The van der Waals surface area contributed by atoms with Gasteiger partial charge >= 0.3 is 0 Å². The van der Waals surface area contributed by atoms with E-state index < -0.39 is 15.6 Å². The molecule has 1 atom stereocenters. The summed E-state index contributed by atoms with van der Waals surface area (Å²) in [5, 5.41) is 14.9. The van der Waals surface area contributed by atoms with Crippen molar-refractivity contribution >= 4 is 33.0 Å². The normalized spacial score (nSPS) is 17.8. The molecule has 2 aromatic heterocycles. The molecule has 0 aliphatic carbocycles. The molecule has 2 N–H and O–H groups in total. The minimum absolute atomic E-state index is 0.0919. The highest BCUT2D eigenvalue weighted by Crippen LogP contribution is 2.38. The van der Waals surface area contributed by atoms with Gasteiger partial charge in [-0.1, -0.05) is 0 Å². The summed E-state index contributed by atoms with van der Waals surface area (Å²) in [4.78, 5) is 14.0. The van der Waals surface area contributed by atoms with Gasteiger partial charge in [-0.3, -0.25) is 4.79 Å². The fraction of sp³-hybridized carbons (Fsp3) is 0.286. The molecular formula is C21H20N2O5S2. The monoisotopic (exact) mass is 444 g/mol. The lowest BCUT2D eigenvalue weighted by Crippen LogP contribution is -2.41. The number of carbonyl (C=O) groups excluding carboxylic acids is 1. The van der Waals surface area contributed by atoms with Crippen molar-refractivity contribution in [2.45, 2.75) is 29.8 Å². The van der Waals surface area contributed by atoms with Gasteiger partial charge in [0.2, 0.25) is 15.9 Å². The molecule has 5 rings (SSSR count). The van der Waals surface area contributed by atoms with E-state index in [0.717, 1.165) is 16.8 Å². The summed E-state index contributed by atoms with van der Waals surface area (Å²) in [6.07, 6.45) is 3.01. The molecule has 0 fully saturated rings. The first-order valence-corrected chi connectivity index (χ1v) is 12.1. The number of furan rings is 1. The molecule has 0 unspecified atom stereocenters. The Balaban J connectivity index is 1.46. The van der Waals surface area contributed by atoms with Crippen LogP contribution in [0.5, 0.6) is 0 Å².